The number of aliphatic carboxylic acids is 1. The Morgan fingerprint density at radius 1 is 1.28 bits per heavy atom. The third kappa shape index (κ3) is 3.98. The number of nitrogens with zero attached hydrogens (tertiary/aromatic N) is 1. The lowest BCUT2D eigenvalue weighted by Crippen LogP contribution is -2.54. The minimum absolute atomic E-state index is 0.0256. The van der Waals surface area contributed by atoms with E-state index in [1.807, 2.05) is 11.8 Å². The van der Waals surface area contributed by atoms with Crippen LogP contribution in [0.1, 0.15) is 27.7 Å². The van der Waals surface area contributed by atoms with E-state index in [-0.39, 0.29) is 23.8 Å². The van der Waals surface area contributed by atoms with Crippen LogP contribution in [0.5, 0.6) is 0 Å². The molecule has 0 radical (unpaired) electrons. The van der Waals surface area contributed by atoms with Crippen LogP contribution in [-0.4, -0.2) is 47.6 Å². The van der Waals surface area contributed by atoms with Gasteiger partial charge in [-0.15, -0.1) is 0 Å². The number of nitrogens with one attached hydrogen (secondary N) is 1. The molecule has 1 aliphatic heterocycles. The third-order valence-electron chi connectivity index (χ3n) is 3.84. The number of carbonyl (C=O) groups is 2. The van der Waals surface area contributed by atoms with Crippen molar-refractivity contribution in [2.45, 2.75) is 33.7 Å². The van der Waals surface area contributed by atoms with E-state index in [2.05, 4.69) is 19.2 Å². The molecule has 0 aromatic heterocycles. The second-order valence-electron chi connectivity index (χ2n) is 5.68. The number of amides is 1. The number of hydrogen-bond acceptors (Lipinski definition) is 3. The Kier molecular flexibility index (Phi) is 5.14. The first kappa shape index (κ1) is 15.0. The Hall–Kier alpha value is -1.10. The van der Waals surface area contributed by atoms with Crippen molar-refractivity contribution in [2.24, 2.45) is 17.8 Å². The molecule has 1 amide bonds. The lowest BCUT2D eigenvalue weighted by molar-refractivity contribution is -0.145. The van der Waals surface area contributed by atoms with E-state index in [1.165, 1.54) is 0 Å². The largest absolute Gasteiger partial charge is 0.481 e. The van der Waals surface area contributed by atoms with Gasteiger partial charge in [0.05, 0.1) is 12.5 Å². The Labute approximate surface area is 109 Å². The van der Waals surface area contributed by atoms with Crippen LogP contribution < -0.4 is 5.32 Å². The maximum absolute atomic E-state index is 11.7. The Bertz CT molecular complexity index is 311. The summed E-state index contributed by atoms with van der Waals surface area (Å²) in [7, 11) is 0. The highest BCUT2D eigenvalue weighted by molar-refractivity contribution is 5.78. The fourth-order valence-corrected chi connectivity index (χ4v) is 1.93. The molecule has 1 aliphatic rings. The quantitative estimate of drug-likeness (QED) is 0.737. The summed E-state index contributed by atoms with van der Waals surface area (Å²) >= 11 is 0. The van der Waals surface area contributed by atoms with Crippen LogP contribution in [0.2, 0.25) is 0 Å². The van der Waals surface area contributed by atoms with Gasteiger partial charge in [0.25, 0.3) is 0 Å². The highest BCUT2D eigenvalue weighted by Gasteiger charge is 2.35. The van der Waals surface area contributed by atoms with E-state index < -0.39 is 5.97 Å². The summed E-state index contributed by atoms with van der Waals surface area (Å²) in [5.41, 5.74) is 0. The second kappa shape index (κ2) is 6.18. The van der Waals surface area contributed by atoms with Crippen molar-refractivity contribution in [1.29, 1.82) is 0 Å². The molecule has 1 fully saturated rings. The van der Waals surface area contributed by atoms with Crippen molar-refractivity contribution >= 4 is 11.9 Å². The van der Waals surface area contributed by atoms with Crippen molar-refractivity contribution in [3.05, 3.63) is 0 Å². The maximum Gasteiger partial charge on any atom is 0.306 e. The van der Waals surface area contributed by atoms with Crippen LogP contribution in [-0.2, 0) is 9.59 Å². The molecule has 1 rings (SSSR count). The number of carboxylic acids is 1. The zero-order valence-electron chi connectivity index (χ0n) is 11.6. The Balaban J connectivity index is 2.23. The van der Waals surface area contributed by atoms with Gasteiger partial charge in [-0.2, -0.15) is 0 Å². The minimum atomic E-state index is -0.752. The summed E-state index contributed by atoms with van der Waals surface area (Å²) in [5.74, 6) is -0.447. The van der Waals surface area contributed by atoms with Gasteiger partial charge < -0.3 is 10.4 Å². The van der Waals surface area contributed by atoms with Crippen LogP contribution in [0.3, 0.4) is 0 Å². The van der Waals surface area contributed by atoms with Gasteiger partial charge in [0.15, 0.2) is 0 Å². The normalized spacial score (nSPS) is 20.3. The van der Waals surface area contributed by atoms with E-state index in [1.54, 1.807) is 6.92 Å². The minimum Gasteiger partial charge on any atom is -0.481 e. The zero-order valence-corrected chi connectivity index (χ0v) is 11.6. The van der Waals surface area contributed by atoms with Gasteiger partial charge in [0.1, 0.15) is 0 Å². The van der Waals surface area contributed by atoms with Gasteiger partial charge >= 0.3 is 5.97 Å². The molecule has 0 saturated carbocycles. The summed E-state index contributed by atoms with van der Waals surface area (Å²) in [6.07, 6.45) is 0. The Morgan fingerprint density at radius 2 is 1.83 bits per heavy atom. The van der Waals surface area contributed by atoms with Gasteiger partial charge in [0, 0.05) is 19.1 Å². The number of hydrogen-bond donors (Lipinski definition) is 2. The average Bonchev–Trinajstić information content (AvgIpc) is 2.21. The maximum atomic E-state index is 11.7. The molecule has 2 N–H and O–H groups in total. The lowest BCUT2D eigenvalue weighted by atomic mass is 9.87. The first-order chi connectivity index (χ1) is 8.31. The predicted molar refractivity (Wildman–Crippen MR) is 69.2 cm³/mol. The molecule has 5 nitrogen and oxygen atoms in total. The van der Waals surface area contributed by atoms with Crippen LogP contribution in [0, 0.1) is 17.8 Å². The van der Waals surface area contributed by atoms with Crippen molar-refractivity contribution in [3.8, 4) is 0 Å². The topological polar surface area (TPSA) is 69.6 Å². The molecule has 0 aromatic rings. The molecule has 1 heterocycles. The highest BCUT2D eigenvalue weighted by Crippen LogP contribution is 2.23. The van der Waals surface area contributed by atoms with E-state index in [0.29, 0.717) is 25.6 Å². The smallest absolute Gasteiger partial charge is 0.306 e. The molecule has 0 bridgehead atoms. The molecule has 0 aromatic carbocycles. The molecule has 0 aliphatic carbocycles. The standard InChI is InChI=1S/C13H24N2O3/c1-8(2)10(4)14-12(16)7-15-5-11(6-15)9(3)13(17)18/h8-11H,5-7H2,1-4H3,(H,14,16)(H,17,18). The van der Waals surface area contributed by atoms with Crippen molar-refractivity contribution in [3.63, 3.8) is 0 Å². The molecule has 2 atom stereocenters. The summed E-state index contributed by atoms with van der Waals surface area (Å²) in [6.45, 7) is 9.64. The average molecular weight is 256 g/mol. The number of rotatable bonds is 6. The van der Waals surface area contributed by atoms with Crippen LogP contribution in [0.25, 0.3) is 0 Å². The van der Waals surface area contributed by atoms with Gasteiger partial charge in [-0.05, 0) is 18.8 Å². The van der Waals surface area contributed by atoms with E-state index >= 15 is 0 Å². The summed E-state index contributed by atoms with van der Waals surface area (Å²) in [6, 6.07) is 0.174. The molecule has 18 heavy (non-hydrogen) atoms. The van der Waals surface area contributed by atoms with Crippen LogP contribution in [0.15, 0.2) is 0 Å². The molecular weight excluding hydrogens is 232 g/mol. The van der Waals surface area contributed by atoms with E-state index in [0.717, 1.165) is 0 Å². The number of carboxylic acid groups (broad SMARTS) is 1. The van der Waals surface area contributed by atoms with E-state index in [9.17, 15) is 9.59 Å². The van der Waals surface area contributed by atoms with Crippen molar-refractivity contribution < 1.29 is 14.7 Å². The summed E-state index contributed by atoms with van der Waals surface area (Å²) < 4.78 is 0. The fourth-order valence-electron chi connectivity index (χ4n) is 1.93. The lowest BCUT2D eigenvalue weighted by Gasteiger charge is -2.40. The van der Waals surface area contributed by atoms with E-state index in [4.69, 9.17) is 5.11 Å². The van der Waals surface area contributed by atoms with Crippen LogP contribution in [0.4, 0.5) is 0 Å². The number of carbonyl (C=O) groups excluding carboxylic acids is 1. The molecule has 2 unspecified atom stereocenters. The van der Waals surface area contributed by atoms with Gasteiger partial charge in [-0.25, -0.2) is 0 Å². The number of likely N-dealkylation sites (tertiary alicyclic amines) is 1. The first-order valence-corrected chi connectivity index (χ1v) is 6.55. The van der Waals surface area contributed by atoms with Crippen LogP contribution >= 0.6 is 0 Å². The molecule has 1 saturated heterocycles. The van der Waals surface area contributed by atoms with Gasteiger partial charge in [-0.1, -0.05) is 20.8 Å². The van der Waals surface area contributed by atoms with Crippen molar-refractivity contribution in [1.82, 2.24) is 10.2 Å². The van der Waals surface area contributed by atoms with Gasteiger partial charge in [0.2, 0.25) is 5.91 Å². The SMILES string of the molecule is CC(C)C(C)NC(=O)CN1CC(C(C)C(=O)O)C1. The Morgan fingerprint density at radius 3 is 2.28 bits per heavy atom. The molecular formula is C13H24N2O3. The molecule has 0 spiro atoms. The summed E-state index contributed by atoms with van der Waals surface area (Å²) in [4.78, 5) is 24.5. The highest BCUT2D eigenvalue weighted by atomic mass is 16.4. The molecule has 5 heteroatoms. The zero-order chi connectivity index (χ0) is 13.9. The monoisotopic (exact) mass is 256 g/mol. The predicted octanol–water partition coefficient (Wildman–Crippen LogP) is 0.800. The fraction of sp³-hybridized carbons (Fsp3) is 0.846. The third-order valence-corrected chi connectivity index (χ3v) is 3.84. The molecule has 104 valence electrons. The van der Waals surface area contributed by atoms with Gasteiger partial charge in [-0.3, -0.25) is 14.5 Å². The second-order valence-corrected chi connectivity index (χ2v) is 5.68. The first-order valence-electron chi connectivity index (χ1n) is 6.55. The van der Waals surface area contributed by atoms with Crippen molar-refractivity contribution in [2.75, 3.05) is 19.6 Å². The summed E-state index contributed by atoms with van der Waals surface area (Å²) in [5, 5.41) is 11.8.